The summed E-state index contributed by atoms with van der Waals surface area (Å²) in [5, 5.41) is 13.5. The number of carbonyl (C=O) groups is 1. The van der Waals surface area contributed by atoms with Crippen LogP contribution in [0, 0.1) is 0 Å². The van der Waals surface area contributed by atoms with Crippen molar-refractivity contribution in [2.75, 3.05) is 26.2 Å². The molecule has 44 heavy (non-hydrogen) atoms. The fraction of sp³-hybridized carbons (Fsp3) is 0.312. The number of amides is 1. The monoisotopic (exact) mass is 636 g/mol. The molecule has 2 atom stereocenters. The van der Waals surface area contributed by atoms with Gasteiger partial charge in [0.25, 0.3) is 0 Å². The van der Waals surface area contributed by atoms with Crippen molar-refractivity contribution in [3.05, 3.63) is 102 Å². The Balaban J connectivity index is 1.52. The highest BCUT2D eigenvalue weighted by molar-refractivity contribution is 7.89. The first kappa shape index (κ1) is 31.7. The number of aliphatic hydroxyl groups is 1. The Bertz CT molecular complexity index is 1850. The van der Waals surface area contributed by atoms with Crippen LogP contribution in [0.1, 0.15) is 37.9 Å². The third-order valence-electron chi connectivity index (χ3n) is 7.84. The number of hydrogen-bond acceptors (Lipinski definition) is 7. The molecule has 1 saturated heterocycles. The van der Waals surface area contributed by atoms with Crippen molar-refractivity contribution in [3.8, 4) is 0 Å². The molecule has 2 heterocycles. The summed E-state index contributed by atoms with van der Waals surface area (Å²) in [7, 11) is -8.39. The largest absolute Gasteiger partial charge is 0.394 e. The van der Waals surface area contributed by atoms with E-state index in [1.54, 1.807) is 66.7 Å². The van der Waals surface area contributed by atoms with Crippen LogP contribution in [0.4, 0.5) is 0 Å². The Hall–Kier alpha value is -3.68. The number of pyridine rings is 1. The first-order valence-corrected chi connectivity index (χ1v) is 17.1. The number of aliphatic hydroxyl groups excluding tert-OH is 1. The van der Waals surface area contributed by atoms with Gasteiger partial charge in [0.05, 0.1) is 23.1 Å². The Morgan fingerprint density at radius 3 is 2.25 bits per heavy atom. The minimum Gasteiger partial charge on any atom is -0.394 e. The molecule has 0 radical (unpaired) electrons. The Morgan fingerprint density at radius 2 is 1.59 bits per heavy atom. The molecule has 0 aliphatic carbocycles. The molecule has 12 heteroatoms. The molecule has 0 unspecified atom stereocenters. The molecule has 5 rings (SSSR count). The number of sulfonamides is 2. The number of aromatic nitrogens is 1. The number of nitrogens with zero attached hydrogens (tertiary/aromatic N) is 3. The number of benzene rings is 3. The van der Waals surface area contributed by atoms with Crippen LogP contribution in [0.5, 0.6) is 0 Å². The average Bonchev–Trinajstić information content (AvgIpc) is 3.03. The topological polar surface area (TPSA) is 137 Å². The number of fused-ring (bicyclic) bond motifs is 1. The maximum atomic E-state index is 14.2. The van der Waals surface area contributed by atoms with Gasteiger partial charge in [-0.15, -0.1) is 0 Å². The normalized spacial score (nSPS) is 17.8. The maximum absolute atomic E-state index is 14.2. The van der Waals surface area contributed by atoms with Gasteiger partial charge in [0.1, 0.15) is 10.9 Å². The lowest BCUT2D eigenvalue weighted by atomic mass is 9.87. The molecule has 0 bridgehead atoms. The highest BCUT2D eigenvalue weighted by Gasteiger charge is 2.44. The molecule has 2 N–H and O–H groups in total. The van der Waals surface area contributed by atoms with Gasteiger partial charge in [-0.25, -0.2) is 16.8 Å². The molecule has 1 aliphatic rings. The zero-order chi connectivity index (χ0) is 31.7. The van der Waals surface area contributed by atoms with Gasteiger partial charge >= 0.3 is 0 Å². The van der Waals surface area contributed by atoms with Crippen LogP contribution >= 0.6 is 0 Å². The van der Waals surface area contributed by atoms with Crippen molar-refractivity contribution in [1.29, 1.82) is 0 Å². The van der Waals surface area contributed by atoms with E-state index in [-0.39, 0.29) is 33.8 Å². The van der Waals surface area contributed by atoms with E-state index in [2.05, 4.69) is 10.3 Å². The van der Waals surface area contributed by atoms with Crippen molar-refractivity contribution in [2.24, 2.45) is 0 Å². The van der Waals surface area contributed by atoms with E-state index < -0.39 is 51.2 Å². The quantitative estimate of drug-likeness (QED) is 0.302. The Morgan fingerprint density at radius 1 is 0.909 bits per heavy atom. The van der Waals surface area contributed by atoms with Gasteiger partial charge in [-0.3, -0.25) is 9.78 Å². The van der Waals surface area contributed by atoms with Crippen LogP contribution in [0.3, 0.4) is 0 Å². The van der Waals surface area contributed by atoms with E-state index in [1.165, 1.54) is 24.4 Å². The van der Waals surface area contributed by atoms with E-state index in [9.17, 15) is 26.7 Å². The van der Waals surface area contributed by atoms with Crippen molar-refractivity contribution in [2.45, 2.75) is 48.1 Å². The van der Waals surface area contributed by atoms with Crippen LogP contribution in [-0.2, 0) is 30.3 Å². The first-order chi connectivity index (χ1) is 20.8. The molecular weight excluding hydrogens is 601 g/mol. The molecule has 10 nitrogen and oxygen atoms in total. The smallest absolute Gasteiger partial charge is 0.246 e. The van der Waals surface area contributed by atoms with Crippen molar-refractivity contribution in [1.82, 2.24) is 18.9 Å². The second kappa shape index (κ2) is 12.4. The first-order valence-electron chi connectivity index (χ1n) is 14.3. The SMILES string of the molecule is CC(C)(C)c1ccc(S(=O)(=O)N2CCN(S(=O)(=O)c3cccc4cccnc34)[C@@H](C(=O)N[C@H](CO)c3ccccc3)C2)cc1. The van der Waals surface area contributed by atoms with Crippen molar-refractivity contribution < 1.29 is 26.7 Å². The van der Waals surface area contributed by atoms with Gasteiger partial charge in [-0.2, -0.15) is 8.61 Å². The standard InChI is InChI=1S/C32H36N4O6S2/c1-32(2,3)25-14-16-26(17-15-25)43(39,40)35-19-20-36(44(41,42)29-13-7-11-24-12-8-18-33-30(24)29)28(21-35)31(38)34-27(22-37)23-9-5-4-6-10-23/h4-18,27-28,37H,19-22H2,1-3H3,(H,34,38)/t27-,28-/m1/s1. The fourth-order valence-electron chi connectivity index (χ4n) is 5.34. The van der Waals surface area contributed by atoms with Crippen LogP contribution in [-0.4, -0.2) is 73.7 Å². The number of rotatable bonds is 8. The van der Waals surface area contributed by atoms with E-state index in [0.29, 0.717) is 10.9 Å². The maximum Gasteiger partial charge on any atom is 0.246 e. The van der Waals surface area contributed by atoms with E-state index in [4.69, 9.17) is 0 Å². The summed E-state index contributed by atoms with van der Waals surface area (Å²) in [5.74, 6) is -0.729. The highest BCUT2D eigenvalue weighted by atomic mass is 32.2. The summed E-state index contributed by atoms with van der Waals surface area (Å²) in [6.45, 7) is 4.80. The fourth-order valence-corrected chi connectivity index (χ4v) is 8.51. The molecule has 1 aliphatic heterocycles. The summed E-state index contributed by atoms with van der Waals surface area (Å²) in [4.78, 5) is 18.2. The number of nitrogens with one attached hydrogen (secondary N) is 1. The summed E-state index contributed by atoms with van der Waals surface area (Å²) in [6, 6.07) is 21.3. The van der Waals surface area contributed by atoms with Crippen LogP contribution in [0.15, 0.2) is 101 Å². The molecule has 1 fully saturated rings. The molecule has 232 valence electrons. The van der Waals surface area contributed by atoms with Gasteiger partial charge in [0.15, 0.2) is 0 Å². The summed E-state index contributed by atoms with van der Waals surface area (Å²) in [5.41, 5.74) is 1.66. The molecular formula is C32H36N4O6S2. The number of para-hydroxylation sites is 1. The van der Waals surface area contributed by atoms with Crippen LogP contribution in [0.2, 0.25) is 0 Å². The molecule has 1 aromatic heterocycles. The van der Waals surface area contributed by atoms with Crippen molar-refractivity contribution in [3.63, 3.8) is 0 Å². The van der Waals surface area contributed by atoms with Crippen LogP contribution in [0.25, 0.3) is 10.9 Å². The van der Waals surface area contributed by atoms with Gasteiger partial charge < -0.3 is 10.4 Å². The highest BCUT2D eigenvalue weighted by Crippen LogP contribution is 2.30. The van der Waals surface area contributed by atoms with E-state index in [1.807, 2.05) is 20.8 Å². The van der Waals surface area contributed by atoms with Crippen molar-refractivity contribution >= 4 is 36.9 Å². The van der Waals surface area contributed by atoms with E-state index >= 15 is 0 Å². The molecule has 3 aromatic carbocycles. The third-order valence-corrected chi connectivity index (χ3v) is 11.7. The molecule has 4 aromatic rings. The number of carbonyl (C=O) groups excluding carboxylic acids is 1. The summed E-state index contributed by atoms with van der Waals surface area (Å²) >= 11 is 0. The average molecular weight is 637 g/mol. The molecule has 1 amide bonds. The van der Waals surface area contributed by atoms with Gasteiger partial charge in [-0.1, -0.05) is 81.4 Å². The lowest BCUT2D eigenvalue weighted by molar-refractivity contribution is -0.127. The number of piperazine rings is 1. The summed E-state index contributed by atoms with van der Waals surface area (Å²) in [6.07, 6.45) is 1.49. The van der Waals surface area contributed by atoms with Gasteiger partial charge in [-0.05, 0) is 40.8 Å². The summed E-state index contributed by atoms with van der Waals surface area (Å²) < 4.78 is 58.2. The predicted molar refractivity (Wildman–Crippen MR) is 168 cm³/mol. The Labute approximate surface area is 258 Å². The van der Waals surface area contributed by atoms with Crippen LogP contribution < -0.4 is 5.32 Å². The predicted octanol–water partition coefficient (Wildman–Crippen LogP) is 3.45. The van der Waals surface area contributed by atoms with Gasteiger partial charge in [0, 0.05) is 31.2 Å². The molecule has 0 saturated carbocycles. The minimum absolute atomic E-state index is 0.0525. The second-order valence-electron chi connectivity index (χ2n) is 11.8. The Kier molecular flexibility index (Phi) is 8.92. The number of hydrogen-bond donors (Lipinski definition) is 2. The third kappa shape index (κ3) is 6.26. The zero-order valence-electron chi connectivity index (χ0n) is 24.8. The zero-order valence-corrected chi connectivity index (χ0v) is 26.4. The minimum atomic E-state index is -4.32. The van der Waals surface area contributed by atoms with Gasteiger partial charge in [0.2, 0.25) is 26.0 Å². The second-order valence-corrected chi connectivity index (χ2v) is 15.6. The van der Waals surface area contributed by atoms with E-state index in [0.717, 1.165) is 14.2 Å². The molecule has 0 spiro atoms. The lowest BCUT2D eigenvalue weighted by Crippen LogP contribution is -2.61. The lowest BCUT2D eigenvalue weighted by Gasteiger charge is -2.39.